The van der Waals surface area contributed by atoms with E-state index in [2.05, 4.69) is 42.8 Å². The van der Waals surface area contributed by atoms with Crippen LogP contribution >= 0.6 is 0 Å². The number of amides is 1. The SMILES string of the molecule is C1CCN(C2CCNCC2)C1.CC1(C)OB(c2ccc(C(=O)N3CCC(N4CCCC4)CC3)cc2)OC1(C)C.CC1(C)OB(c2ccc(C(=O)O)cc2)OC1(C)C. The first-order valence-corrected chi connectivity index (χ1v) is 21.6. The molecule has 11 nitrogen and oxygen atoms in total. The standard InChI is InChI=1S/C22H33BN2O3.C13H17BO4.C9H18N2/c1-21(2)22(3,4)28-23(27-21)18-9-7-17(8-10-18)20(26)25-15-11-19(12-16-25)24-13-5-6-14-24;1-12(2)13(3,4)18-14(17-12)10-7-5-9(6-8-10)11(15)16;1-2-8-11(7-1)9-3-5-10-6-4-9/h7-10,19H,5-6,11-16H2,1-4H3;5-8H,1-4H3,(H,15,16);9-10H,1-8H2. The van der Waals surface area contributed by atoms with Crippen LogP contribution in [0, 0.1) is 0 Å². The first kappa shape index (κ1) is 43.8. The van der Waals surface area contributed by atoms with Gasteiger partial charge in [0.05, 0.1) is 28.0 Å². The third-order valence-electron chi connectivity index (χ3n) is 13.7. The number of hydrogen-bond acceptors (Lipinski definition) is 9. The number of benzene rings is 2. The van der Waals surface area contributed by atoms with Gasteiger partial charge in [-0.2, -0.15) is 0 Å². The predicted molar refractivity (Wildman–Crippen MR) is 228 cm³/mol. The lowest BCUT2D eigenvalue weighted by molar-refractivity contribution is 0.00578. The molecule has 0 unspecified atom stereocenters. The molecule has 0 spiro atoms. The molecule has 57 heavy (non-hydrogen) atoms. The van der Waals surface area contributed by atoms with E-state index in [-0.39, 0.29) is 41.0 Å². The molecule has 6 fully saturated rings. The molecule has 6 aliphatic rings. The molecule has 0 bridgehead atoms. The Morgan fingerprint density at radius 1 is 0.561 bits per heavy atom. The summed E-state index contributed by atoms with van der Waals surface area (Å²) in [4.78, 5) is 31.0. The second-order valence-electron chi connectivity index (χ2n) is 18.7. The van der Waals surface area contributed by atoms with Crippen LogP contribution < -0.4 is 16.2 Å². The van der Waals surface area contributed by atoms with Crippen molar-refractivity contribution < 1.29 is 33.3 Å². The molecule has 6 heterocycles. The Labute approximate surface area is 342 Å². The number of hydrogen-bond donors (Lipinski definition) is 2. The highest BCUT2D eigenvalue weighted by atomic mass is 16.7. The number of carboxylic acid groups (broad SMARTS) is 1. The summed E-state index contributed by atoms with van der Waals surface area (Å²) in [6.07, 6.45) is 10.5. The van der Waals surface area contributed by atoms with E-state index in [1.54, 1.807) is 24.3 Å². The van der Waals surface area contributed by atoms with E-state index in [1.807, 2.05) is 56.9 Å². The Morgan fingerprint density at radius 3 is 1.28 bits per heavy atom. The average molecular weight is 787 g/mol. The average Bonchev–Trinajstić information content (AvgIpc) is 4.00. The monoisotopic (exact) mass is 787 g/mol. The number of carbonyl (C=O) groups is 2. The third-order valence-corrected chi connectivity index (χ3v) is 13.7. The van der Waals surface area contributed by atoms with Crippen molar-refractivity contribution >= 4 is 37.0 Å². The van der Waals surface area contributed by atoms with Crippen molar-refractivity contribution in [1.29, 1.82) is 0 Å². The first-order chi connectivity index (χ1) is 27.0. The van der Waals surface area contributed by atoms with Gasteiger partial charge in [-0.15, -0.1) is 0 Å². The summed E-state index contributed by atoms with van der Waals surface area (Å²) < 4.78 is 24.0. The van der Waals surface area contributed by atoms with E-state index in [0.29, 0.717) is 6.04 Å². The molecule has 312 valence electrons. The molecular weight excluding hydrogens is 718 g/mol. The fourth-order valence-electron chi connectivity index (χ4n) is 8.53. The molecule has 0 aromatic heterocycles. The predicted octanol–water partition coefficient (Wildman–Crippen LogP) is 5.20. The lowest BCUT2D eigenvalue weighted by Crippen LogP contribution is -2.46. The minimum absolute atomic E-state index is 0.139. The number of nitrogens with zero attached hydrogens (tertiary/aromatic N) is 3. The van der Waals surface area contributed by atoms with Crippen LogP contribution in [0.25, 0.3) is 0 Å². The largest absolute Gasteiger partial charge is 0.494 e. The Kier molecular flexibility index (Phi) is 14.0. The number of likely N-dealkylation sites (tertiary alicyclic amines) is 3. The Bertz CT molecular complexity index is 1600. The van der Waals surface area contributed by atoms with Gasteiger partial charge >= 0.3 is 20.2 Å². The molecule has 6 aliphatic heterocycles. The van der Waals surface area contributed by atoms with Crippen LogP contribution in [0.4, 0.5) is 0 Å². The summed E-state index contributed by atoms with van der Waals surface area (Å²) >= 11 is 0. The van der Waals surface area contributed by atoms with Crippen molar-refractivity contribution in [3.63, 3.8) is 0 Å². The lowest BCUT2D eigenvalue weighted by atomic mass is 9.79. The van der Waals surface area contributed by atoms with Gasteiger partial charge in [0.25, 0.3) is 5.91 Å². The molecule has 0 radical (unpaired) electrons. The van der Waals surface area contributed by atoms with Gasteiger partial charge in [0.1, 0.15) is 0 Å². The summed E-state index contributed by atoms with van der Waals surface area (Å²) in [7, 11) is -0.830. The zero-order valence-electron chi connectivity index (χ0n) is 36.0. The number of rotatable bonds is 6. The smallest absolute Gasteiger partial charge is 0.478 e. The highest BCUT2D eigenvalue weighted by Crippen LogP contribution is 2.37. The minimum Gasteiger partial charge on any atom is -0.478 e. The zero-order chi connectivity index (χ0) is 41.0. The normalized spacial score (nSPS) is 24.8. The van der Waals surface area contributed by atoms with Gasteiger partial charge in [-0.3, -0.25) is 4.79 Å². The topological polar surface area (TPSA) is 113 Å². The molecule has 2 aromatic carbocycles. The summed E-state index contributed by atoms with van der Waals surface area (Å²) in [6.45, 7) is 25.5. The summed E-state index contributed by atoms with van der Waals surface area (Å²) in [5, 5.41) is 12.3. The van der Waals surface area contributed by atoms with Gasteiger partial charge in [0.2, 0.25) is 0 Å². The quantitative estimate of drug-likeness (QED) is 0.379. The highest BCUT2D eigenvalue weighted by Gasteiger charge is 2.52. The van der Waals surface area contributed by atoms with E-state index in [1.165, 1.54) is 77.8 Å². The third kappa shape index (κ3) is 10.5. The fourth-order valence-corrected chi connectivity index (χ4v) is 8.53. The second kappa shape index (κ2) is 18.2. The van der Waals surface area contributed by atoms with Crippen molar-refractivity contribution in [3.8, 4) is 0 Å². The van der Waals surface area contributed by atoms with Crippen molar-refractivity contribution in [2.45, 2.75) is 141 Å². The summed E-state index contributed by atoms with van der Waals surface area (Å²) in [6, 6.07) is 15.9. The van der Waals surface area contributed by atoms with Crippen LogP contribution in [-0.2, 0) is 18.6 Å². The Balaban J connectivity index is 0.000000161. The number of carboxylic acids is 1. The van der Waals surface area contributed by atoms with Gasteiger partial charge in [-0.05, 0) is 181 Å². The molecule has 1 amide bonds. The number of aromatic carboxylic acids is 1. The van der Waals surface area contributed by atoms with Crippen LogP contribution in [0.3, 0.4) is 0 Å². The van der Waals surface area contributed by atoms with Crippen LogP contribution in [0.2, 0.25) is 0 Å². The Morgan fingerprint density at radius 2 is 0.912 bits per heavy atom. The minimum atomic E-state index is -0.935. The molecule has 0 aliphatic carbocycles. The highest BCUT2D eigenvalue weighted by molar-refractivity contribution is 6.62. The van der Waals surface area contributed by atoms with E-state index in [0.717, 1.165) is 48.5 Å². The first-order valence-electron chi connectivity index (χ1n) is 21.6. The van der Waals surface area contributed by atoms with Crippen LogP contribution in [0.15, 0.2) is 48.5 Å². The number of carbonyl (C=O) groups excluding carboxylic acids is 1. The zero-order valence-corrected chi connectivity index (χ0v) is 36.0. The van der Waals surface area contributed by atoms with Crippen LogP contribution in [0.1, 0.15) is 127 Å². The molecule has 6 saturated heterocycles. The maximum atomic E-state index is 12.9. The van der Waals surface area contributed by atoms with Crippen LogP contribution in [0.5, 0.6) is 0 Å². The maximum absolute atomic E-state index is 12.9. The molecule has 2 aromatic rings. The summed E-state index contributed by atoms with van der Waals surface area (Å²) in [5.74, 6) is -0.796. The fraction of sp³-hybridized carbons (Fsp3) is 0.682. The van der Waals surface area contributed by atoms with Crippen molar-refractivity contribution in [1.82, 2.24) is 20.0 Å². The molecule has 0 saturated carbocycles. The van der Waals surface area contributed by atoms with E-state index in [9.17, 15) is 9.59 Å². The molecule has 8 rings (SSSR count). The van der Waals surface area contributed by atoms with Gasteiger partial charge < -0.3 is 43.7 Å². The molecular formula is C44H68B2N4O7. The van der Waals surface area contributed by atoms with Gasteiger partial charge in [0, 0.05) is 30.7 Å². The lowest BCUT2D eigenvalue weighted by Gasteiger charge is -2.36. The van der Waals surface area contributed by atoms with Crippen LogP contribution in [-0.4, -0.2) is 133 Å². The second-order valence-corrected chi connectivity index (χ2v) is 18.7. The van der Waals surface area contributed by atoms with Crippen molar-refractivity contribution in [2.75, 3.05) is 52.4 Å². The maximum Gasteiger partial charge on any atom is 0.494 e. The van der Waals surface area contributed by atoms with Crippen molar-refractivity contribution in [3.05, 3.63) is 59.7 Å². The number of nitrogens with one attached hydrogen (secondary N) is 1. The summed E-state index contributed by atoms with van der Waals surface area (Å²) in [5.41, 5.74) is 1.32. The van der Waals surface area contributed by atoms with E-state index < -0.39 is 13.1 Å². The van der Waals surface area contributed by atoms with E-state index in [4.69, 9.17) is 23.7 Å². The van der Waals surface area contributed by atoms with Gasteiger partial charge in [-0.1, -0.05) is 24.3 Å². The molecule has 2 N–H and O–H groups in total. The van der Waals surface area contributed by atoms with Gasteiger partial charge in [0.15, 0.2) is 0 Å². The van der Waals surface area contributed by atoms with E-state index >= 15 is 0 Å². The molecule has 0 atom stereocenters. The number of piperidine rings is 2. The molecule has 13 heteroatoms. The Hall–Kier alpha value is -2.77. The van der Waals surface area contributed by atoms with Gasteiger partial charge in [-0.25, -0.2) is 4.79 Å². The van der Waals surface area contributed by atoms with Crippen molar-refractivity contribution in [2.24, 2.45) is 0 Å².